The first kappa shape index (κ1) is 14.3. The molecule has 0 bridgehead atoms. The molecule has 112 valence electrons. The van der Waals surface area contributed by atoms with E-state index >= 15 is 0 Å². The number of methoxy groups -OCH3 is 1. The average molecular weight is 295 g/mol. The molecule has 0 spiro atoms. The fourth-order valence-corrected chi connectivity index (χ4v) is 2.70. The van der Waals surface area contributed by atoms with Gasteiger partial charge in [0, 0.05) is 18.4 Å². The van der Waals surface area contributed by atoms with Crippen molar-refractivity contribution in [2.24, 2.45) is 0 Å². The Morgan fingerprint density at radius 3 is 2.68 bits per heavy atom. The molecular formula is C18H17NO3. The van der Waals surface area contributed by atoms with E-state index in [9.17, 15) is 9.59 Å². The number of nitrogens with zero attached hydrogens (tertiary/aromatic N) is 1. The molecule has 0 N–H and O–H groups in total. The molecule has 1 amide bonds. The lowest BCUT2D eigenvalue weighted by molar-refractivity contribution is -0.118. The van der Waals surface area contributed by atoms with Crippen molar-refractivity contribution in [2.45, 2.75) is 19.4 Å². The van der Waals surface area contributed by atoms with E-state index in [0.29, 0.717) is 17.8 Å². The summed E-state index contributed by atoms with van der Waals surface area (Å²) in [6.07, 6.45) is 0.516. The lowest BCUT2D eigenvalue weighted by Gasteiger charge is -2.23. The minimum atomic E-state index is -0.0267. The highest BCUT2D eigenvalue weighted by Crippen LogP contribution is 2.28. The summed E-state index contributed by atoms with van der Waals surface area (Å²) in [4.78, 5) is 26.3. The van der Waals surface area contributed by atoms with Crippen molar-refractivity contribution >= 4 is 17.4 Å². The summed E-state index contributed by atoms with van der Waals surface area (Å²) in [5, 5.41) is 0. The Kier molecular flexibility index (Phi) is 3.92. The molecule has 1 aliphatic rings. The number of carbonyl (C=O) groups is 2. The molecule has 3 rings (SSSR count). The van der Waals surface area contributed by atoms with Crippen LogP contribution in [-0.2, 0) is 11.3 Å². The standard InChI is InChI=1S/C18H17NO3/c1-22-14-6-4-5-13(11-14)12-19-16-8-3-2-7-15(16)17(20)9-10-18(19)21/h2-8,11H,9-10,12H2,1H3. The summed E-state index contributed by atoms with van der Waals surface area (Å²) in [7, 11) is 1.62. The lowest BCUT2D eigenvalue weighted by Crippen LogP contribution is -2.29. The largest absolute Gasteiger partial charge is 0.497 e. The number of hydrogen-bond acceptors (Lipinski definition) is 3. The summed E-state index contributed by atoms with van der Waals surface area (Å²) in [5.74, 6) is 0.752. The highest BCUT2D eigenvalue weighted by molar-refractivity contribution is 6.09. The first-order chi connectivity index (χ1) is 10.7. The number of ketones is 1. The summed E-state index contributed by atoms with van der Waals surface area (Å²) in [6, 6.07) is 14.9. The van der Waals surface area contributed by atoms with E-state index in [0.717, 1.165) is 11.3 Å². The van der Waals surface area contributed by atoms with Crippen LogP contribution in [0.15, 0.2) is 48.5 Å². The molecule has 1 aliphatic heterocycles. The molecule has 0 aliphatic carbocycles. The van der Waals surface area contributed by atoms with Gasteiger partial charge in [0.1, 0.15) is 5.75 Å². The highest BCUT2D eigenvalue weighted by Gasteiger charge is 2.26. The number of para-hydroxylation sites is 1. The Morgan fingerprint density at radius 2 is 1.86 bits per heavy atom. The summed E-state index contributed by atoms with van der Waals surface area (Å²) < 4.78 is 5.22. The van der Waals surface area contributed by atoms with Gasteiger partial charge in [0.15, 0.2) is 5.78 Å². The van der Waals surface area contributed by atoms with Crippen molar-refractivity contribution < 1.29 is 14.3 Å². The minimum Gasteiger partial charge on any atom is -0.497 e. The van der Waals surface area contributed by atoms with E-state index in [4.69, 9.17) is 4.74 Å². The molecule has 0 aromatic heterocycles. The van der Waals surface area contributed by atoms with Crippen LogP contribution in [0.3, 0.4) is 0 Å². The number of rotatable bonds is 3. The molecule has 4 nitrogen and oxygen atoms in total. The van der Waals surface area contributed by atoms with Crippen LogP contribution < -0.4 is 9.64 Å². The van der Waals surface area contributed by atoms with Crippen LogP contribution in [0.25, 0.3) is 0 Å². The van der Waals surface area contributed by atoms with Gasteiger partial charge in [-0.05, 0) is 29.8 Å². The van der Waals surface area contributed by atoms with Gasteiger partial charge < -0.3 is 9.64 Å². The van der Waals surface area contributed by atoms with E-state index in [1.807, 2.05) is 42.5 Å². The molecule has 0 saturated carbocycles. The highest BCUT2D eigenvalue weighted by atomic mass is 16.5. The Bertz CT molecular complexity index is 724. The fourth-order valence-electron chi connectivity index (χ4n) is 2.70. The zero-order valence-corrected chi connectivity index (χ0v) is 12.4. The first-order valence-corrected chi connectivity index (χ1v) is 7.24. The van der Waals surface area contributed by atoms with Crippen LogP contribution in [0.4, 0.5) is 5.69 Å². The second-order valence-electron chi connectivity index (χ2n) is 5.27. The third-order valence-electron chi connectivity index (χ3n) is 3.84. The van der Waals surface area contributed by atoms with Gasteiger partial charge in [0.05, 0.1) is 19.3 Å². The second kappa shape index (κ2) is 6.02. The number of hydrogen-bond donors (Lipinski definition) is 0. The van der Waals surface area contributed by atoms with Crippen LogP contribution in [0, 0.1) is 0 Å². The van der Waals surface area contributed by atoms with Gasteiger partial charge in [0.25, 0.3) is 0 Å². The lowest BCUT2D eigenvalue weighted by atomic mass is 10.1. The second-order valence-corrected chi connectivity index (χ2v) is 5.27. The molecular weight excluding hydrogens is 278 g/mol. The van der Waals surface area contributed by atoms with E-state index in [-0.39, 0.29) is 24.5 Å². The summed E-state index contributed by atoms with van der Waals surface area (Å²) in [5.41, 5.74) is 2.28. The average Bonchev–Trinajstić information content (AvgIpc) is 2.68. The van der Waals surface area contributed by atoms with Crippen molar-refractivity contribution in [3.63, 3.8) is 0 Å². The normalized spacial score (nSPS) is 14.5. The quantitative estimate of drug-likeness (QED) is 0.873. The predicted octanol–water partition coefficient (Wildman–Crippen LogP) is 3.20. The number of Topliss-reactive ketones (excluding diaryl/α,β-unsaturated/α-hetero) is 1. The monoisotopic (exact) mass is 295 g/mol. The van der Waals surface area contributed by atoms with Crippen LogP contribution >= 0.6 is 0 Å². The maximum Gasteiger partial charge on any atom is 0.227 e. The Labute approximate surface area is 129 Å². The smallest absolute Gasteiger partial charge is 0.227 e. The van der Waals surface area contributed by atoms with Crippen molar-refractivity contribution in [1.29, 1.82) is 0 Å². The van der Waals surface area contributed by atoms with Crippen LogP contribution in [0.5, 0.6) is 5.75 Å². The molecule has 2 aromatic rings. The zero-order valence-electron chi connectivity index (χ0n) is 12.4. The minimum absolute atomic E-state index is 0.0251. The zero-order chi connectivity index (χ0) is 15.5. The molecule has 4 heteroatoms. The SMILES string of the molecule is COc1cccc(CN2C(=O)CCC(=O)c3ccccc32)c1. The maximum atomic E-state index is 12.4. The third-order valence-corrected chi connectivity index (χ3v) is 3.84. The van der Waals surface area contributed by atoms with Crippen LogP contribution in [0.1, 0.15) is 28.8 Å². The van der Waals surface area contributed by atoms with Gasteiger partial charge in [-0.2, -0.15) is 0 Å². The van der Waals surface area contributed by atoms with Gasteiger partial charge in [0.2, 0.25) is 5.91 Å². The molecule has 2 aromatic carbocycles. The molecule has 0 atom stereocenters. The third kappa shape index (κ3) is 2.72. The number of carbonyl (C=O) groups excluding carboxylic acids is 2. The Hall–Kier alpha value is -2.62. The van der Waals surface area contributed by atoms with Gasteiger partial charge in [-0.1, -0.05) is 24.3 Å². The molecule has 1 heterocycles. The van der Waals surface area contributed by atoms with Gasteiger partial charge in [-0.15, -0.1) is 0 Å². The van der Waals surface area contributed by atoms with Crippen molar-refractivity contribution in [3.05, 3.63) is 59.7 Å². The van der Waals surface area contributed by atoms with Crippen molar-refractivity contribution in [3.8, 4) is 5.75 Å². The number of benzene rings is 2. The summed E-state index contributed by atoms with van der Waals surface area (Å²) in [6.45, 7) is 0.431. The van der Waals surface area contributed by atoms with Gasteiger partial charge in [-0.25, -0.2) is 0 Å². The van der Waals surface area contributed by atoms with E-state index in [1.54, 1.807) is 18.1 Å². The first-order valence-electron chi connectivity index (χ1n) is 7.24. The predicted molar refractivity (Wildman–Crippen MR) is 84.2 cm³/mol. The van der Waals surface area contributed by atoms with Crippen LogP contribution in [-0.4, -0.2) is 18.8 Å². The summed E-state index contributed by atoms with van der Waals surface area (Å²) >= 11 is 0. The Balaban J connectivity index is 1.98. The molecule has 22 heavy (non-hydrogen) atoms. The van der Waals surface area contributed by atoms with Crippen molar-refractivity contribution in [1.82, 2.24) is 0 Å². The van der Waals surface area contributed by atoms with E-state index in [2.05, 4.69) is 0 Å². The molecule has 0 radical (unpaired) electrons. The van der Waals surface area contributed by atoms with Gasteiger partial charge in [-0.3, -0.25) is 9.59 Å². The molecule has 0 fully saturated rings. The van der Waals surface area contributed by atoms with E-state index in [1.165, 1.54) is 0 Å². The van der Waals surface area contributed by atoms with Gasteiger partial charge >= 0.3 is 0 Å². The maximum absolute atomic E-state index is 12.4. The number of amides is 1. The molecule has 0 saturated heterocycles. The fraction of sp³-hybridized carbons (Fsp3) is 0.222. The number of anilines is 1. The van der Waals surface area contributed by atoms with E-state index < -0.39 is 0 Å². The Morgan fingerprint density at radius 1 is 1.05 bits per heavy atom. The van der Waals surface area contributed by atoms with Crippen molar-refractivity contribution in [2.75, 3.05) is 12.0 Å². The molecule has 0 unspecified atom stereocenters. The number of fused-ring (bicyclic) bond motifs is 1. The topological polar surface area (TPSA) is 46.6 Å². The number of ether oxygens (including phenoxy) is 1. The van der Waals surface area contributed by atoms with Crippen LogP contribution in [0.2, 0.25) is 0 Å².